The molecule has 0 radical (unpaired) electrons. The first kappa shape index (κ1) is 15.0. The summed E-state index contributed by atoms with van der Waals surface area (Å²) in [6.07, 6.45) is 0. The molecule has 0 aliphatic heterocycles. The average molecular weight is 264 g/mol. The van der Waals surface area contributed by atoms with Crippen LogP contribution < -0.4 is 16.4 Å². The number of carbonyl (C=O) groups excluding carboxylic acids is 1. The minimum Gasteiger partial charge on any atom is -0.409 e. The number of amidine groups is 1. The highest BCUT2D eigenvalue weighted by Gasteiger charge is 2.15. The minimum atomic E-state index is -0.191. The molecule has 0 bridgehead atoms. The molecular formula is C13H20N4O2. The molecule has 1 aromatic carbocycles. The lowest BCUT2D eigenvalue weighted by molar-refractivity contribution is -0.118. The maximum absolute atomic E-state index is 10.7. The smallest absolute Gasteiger partial charge is 0.216 e. The van der Waals surface area contributed by atoms with Crippen molar-refractivity contribution >= 4 is 11.7 Å². The summed E-state index contributed by atoms with van der Waals surface area (Å²) >= 11 is 0. The molecule has 6 nitrogen and oxygen atoms in total. The molecule has 104 valence electrons. The first-order valence-electron chi connectivity index (χ1n) is 6.12. The van der Waals surface area contributed by atoms with Crippen LogP contribution in [0.5, 0.6) is 0 Å². The predicted molar refractivity (Wildman–Crippen MR) is 74.1 cm³/mol. The lowest BCUT2D eigenvalue weighted by atomic mass is 9.98. The van der Waals surface area contributed by atoms with Gasteiger partial charge in [-0.2, -0.15) is 0 Å². The second kappa shape index (κ2) is 8.10. The number of oxime groups is 1. The maximum atomic E-state index is 10.7. The Morgan fingerprint density at radius 1 is 1.37 bits per heavy atom. The monoisotopic (exact) mass is 264 g/mol. The normalized spacial score (nSPS) is 13.0. The van der Waals surface area contributed by atoms with E-state index in [0.29, 0.717) is 19.6 Å². The molecule has 0 saturated heterocycles. The van der Waals surface area contributed by atoms with Crippen molar-refractivity contribution in [2.75, 3.05) is 19.6 Å². The summed E-state index contributed by atoms with van der Waals surface area (Å²) < 4.78 is 0. The third-order valence-corrected chi connectivity index (χ3v) is 2.70. The topological polar surface area (TPSA) is 99.7 Å². The molecule has 1 unspecified atom stereocenters. The van der Waals surface area contributed by atoms with Crippen molar-refractivity contribution in [1.82, 2.24) is 10.6 Å². The van der Waals surface area contributed by atoms with Crippen molar-refractivity contribution in [1.29, 1.82) is 0 Å². The molecule has 1 rings (SSSR count). The SMILES string of the molecule is CC(=O)NCCNCC(C(N)=NO)c1ccccc1. The number of rotatable bonds is 7. The Labute approximate surface area is 112 Å². The Hall–Kier alpha value is -2.08. The third kappa shape index (κ3) is 5.39. The summed E-state index contributed by atoms with van der Waals surface area (Å²) in [6.45, 7) is 3.19. The zero-order valence-electron chi connectivity index (χ0n) is 11.0. The quantitative estimate of drug-likeness (QED) is 0.186. The predicted octanol–water partition coefficient (Wildman–Crippen LogP) is 0.242. The third-order valence-electron chi connectivity index (χ3n) is 2.70. The number of carbonyl (C=O) groups is 1. The van der Waals surface area contributed by atoms with Crippen LogP contribution in [0.2, 0.25) is 0 Å². The number of nitrogens with zero attached hydrogens (tertiary/aromatic N) is 1. The fraction of sp³-hybridized carbons (Fsp3) is 0.385. The Balaban J connectivity index is 2.50. The molecular weight excluding hydrogens is 244 g/mol. The van der Waals surface area contributed by atoms with E-state index < -0.39 is 0 Å². The van der Waals surface area contributed by atoms with Crippen molar-refractivity contribution in [3.05, 3.63) is 35.9 Å². The Morgan fingerprint density at radius 3 is 2.63 bits per heavy atom. The second-order valence-corrected chi connectivity index (χ2v) is 4.18. The van der Waals surface area contributed by atoms with Crippen molar-refractivity contribution in [2.24, 2.45) is 10.9 Å². The number of amides is 1. The van der Waals surface area contributed by atoms with E-state index in [0.717, 1.165) is 5.56 Å². The van der Waals surface area contributed by atoms with Gasteiger partial charge in [-0.15, -0.1) is 0 Å². The molecule has 5 N–H and O–H groups in total. The molecule has 0 aliphatic rings. The van der Waals surface area contributed by atoms with Gasteiger partial charge in [-0.3, -0.25) is 4.79 Å². The highest BCUT2D eigenvalue weighted by Crippen LogP contribution is 2.14. The van der Waals surface area contributed by atoms with E-state index in [1.807, 2.05) is 30.3 Å². The van der Waals surface area contributed by atoms with E-state index in [4.69, 9.17) is 10.9 Å². The van der Waals surface area contributed by atoms with Crippen molar-refractivity contribution < 1.29 is 10.0 Å². The van der Waals surface area contributed by atoms with Gasteiger partial charge in [-0.05, 0) is 5.56 Å². The summed E-state index contributed by atoms with van der Waals surface area (Å²) in [6, 6.07) is 9.59. The number of benzene rings is 1. The zero-order chi connectivity index (χ0) is 14.1. The molecule has 19 heavy (non-hydrogen) atoms. The Morgan fingerprint density at radius 2 is 2.05 bits per heavy atom. The first-order valence-corrected chi connectivity index (χ1v) is 6.12. The number of hydrogen-bond donors (Lipinski definition) is 4. The van der Waals surface area contributed by atoms with E-state index in [2.05, 4.69) is 15.8 Å². The number of nitrogens with two attached hydrogens (primary N) is 1. The van der Waals surface area contributed by atoms with Gasteiger partial charge in [0, 0.05) is 26.6 Å². The minimum absolute atomic E-state index is 0.0576. The van der Waals surface area contributed by atoms with Crippen LogP contribution in [0.1, 0.15) is 18.4 Å². The molecule has 0 spiro atoms. The van der Waals surface area contributed by atoms with Crippen LogP contribution >= 0.6 is 0 Å². The van der Waals surface area contributed by atoms with Crippen LogP contribution in [-0.2, 0) is 4.79 Å². The summed E-state index contributed by atoms with van der Waals surface area (Å²) in [4.78, 5) is 10.7. The van der Waals surface area contributed by atoms with Crippen LogP contribution in [0.3, 0.4) is 0 Å². The van der Waals surface area contributed by atoms with Gasteiger partial charge in [0.2, 0.25) is 5.91 Å². The molecule has 0 heterocycles. The molecule has 1 amide bonds. The van der Waals surface area contributed by atoms with Gasteiger partial charge >= 0.3 is 0 Å². The zero-order valence-corrected chi connectivity index (χ0v) is 11.0. The summed E-state index contributed by atoms with van der Waals surface area (Å²) in [5.41, 5.74) is 6.68. The van der Waals surface area contributed by atoms with Crippen molar-refractivity contribution in [3.8, 4) is 0 Å². The maximum Gasteiger partial charge on any atom is 0.216 e. The van der Waals surface area contributed by atoms with Gasteiger partial charge in [-0.25, -0.2) is 0 Å². The molecule has 0 aliphatic carbocycles. The average Bonchev–Trinajstić information content (AvgIpc) is 2.42. The highest BCUT2D eigenvalue weighted by molar-refractivity contribution is 5.87. The molecule has 0 aromatic heterocycles. The summed E-state index contributed by atoms with van der Waals surface area (Å²) in [7, 11) is 0. The molecule has 0 fully saturated rings. The first-order chi connectivity index (χ1) is 9.15. The van der Waals surface area contributed by atoms with Gasteiger partial charge in [0.15, 0.2) is 0 Å². The van der Waals surface area contributed by atoms with Gasteiger partial charge in [0.1, 0.15) is 5.84 Å². The van der Waals surface area contributed by atoms with Gasteiger partial charge in [0.05, 0.1) is 5.92 Å². The number of hydrogen-bond acceptors (Lipinski definition) is 4. The second-order valence-electron chi connectivity index (χ2n) is 4.18. The fourth-order valence-corrected chi connectivity index (χ4v) is 1.72. The Bertz CT molecular complexity index is 420. The molecule has 6 heteroatoms. The van der Waals surface area contributed by atoms with Crippen molar-refractivity contribution in [3.63, 3.8) is 0 Å². The Kier molecular flexibility index (Phi) is 6.38. The molecule has 0 saturated carbocycles. The van der Waals surface area contributed by atoms with Gasteiger partial charge in [0.25, 0.3) is 0 Å². The molecule has 1 aromatic rings. The van der Waals surface area contributed by atoms with Crippen LogP contribution in [0.25, 0.3) is 0 Å². The lowest BCUT2D eigenvalue weighted by Crippen LogP contribution is -2.36. The standard InChI is InChI=1S/C13H20N4O2/c1-10(18)16-8-7-15-9-12(13(14)17-19)11-5-3-2-4-6-11/h2-6,12,15,19H,7-9H2,1H3,(H2,14,17)(H,16,18). The van der Waals surface area contributed by atoms with Crippen LogP contribution in [-0.4, -0.2) is 36.6 Å². The summed E-state index contributed by atoms with van der Waals surface area (Å²) in [5.74, 6) is -0.0837. The largest absolute Gasteiger partial charge is 0.409 e. The van der Waals surface area contributed by atoms with Gasteiger partial charge in [-0.1, -0.05) is 35.5 Å². The summed E-state index contributed by atoms with van der Waals surface area (Å²) in [5, 5.41) is 17.8. The highest BCUT2D eigenvalue weighted by atomic mass is 16.4. The van der Waals surface area contributed by atoms with E-state index in [-0.39, 0.29) is 17.7 Å². The van der Waals surface area contributed by atoms with E-state index >= 15 is 0 Å². The number of nitrogens with one attached hydrogen (secondary N) is 2. The van der Waals surface area contributed by atoms with Crippen molar-refractivity contribution in [2.45, 2.75) is 12.8 Å². The van der Waals surface area contributed by atoms with Crippen LogP contribution in [0.4, 0.5) is 0 Å². The van der Waals surface area contributed by atoms with Gasteiger partial charge < -0.3 is 21.6 Å². The van der Waals surface area contributed by atoms with E-state index in [9.17, 15) is 4.79 Å². The van der Waals surface area contributed by atoms with E-state index in [1.54, 1.807) is 0 Å². The van der Waals surface area contributed by atoms with Crippen LogP contribution in [0, 0.1) is 0 Å². The molecule has 1 atom stereocenters. The van der Waals surface area contributed by atoms with Crippen LogP contribution in [0.15, 0.2) is 35.5 Å². The van der Waals surface area contributed by atoms with E-state index in [1.165, 1.54) is 6.92 Å². The lowest BCUT2D eigenvalue weighted by Gasteiger charge is -2.16. The fourth-order valence-electron chi connectivity index (χ4n) is 1.72.